The fourth-order valence-corrected chi connectivity index (χ4v) is 3.12. The molecule has 2 saturated carbocycles. The van der Waals surface area contributed by atoms with Crippen LogP contribution in [0, 0.1) is 16.7 Å². The van der Waals surface area contributed by atoms with E-state index >= 15 is 0 Å². The summed E-state index contributed by atoms with van der Waals surface area (Å²) in [7, 11) is 0. The zero-order valence-corrected chi connectivity index (χ0v) is 8.55. The summed E-state index contributed by atoms with van der Waals surface area (Å²) in [5, 5.41) is 0. The summed E-state index contributed by atoms with van der Waals surface area (Å²) in [6.07, 6.45) is 3.68. The first-order valence-electron chi connectivity index (χ1n) is 4.92. The number of allylic oxidation sites excluding steroid dienone is 1. The second-order valence-corrected chi connectivity index (χ2v) is 5.10. The Balaban J connectivity index is 2.57. The van der Waals surface area contributed by atoms with E-state index in [0.717, 1.165) is 18.4 Å². The zero-order chi connectivity index (χ0) is 9.85. The molecule has 0 aromatic carbocycles. The largest absolute Gasteiger partial charge is 0.404 e. The predicted molar refractivity (Wildman–Crippen MR) is 51.9 cm³/mol. The first-order chi connectivity index (χ1) is 5.95. The molecule has 13 heavy (non-hydrogen) atoms. The monoisotopic (exact) mass is 179 g/mol. The first kappa shape index (κ1) is 8.79. The number of Topliss-reactive ketones (excluding diaryl/α,β-unsaturated/α-hetero) is 1. The number of hydrogen-bond donors (Lipinski definition) is 1. The van der Waals surface area contributed by atoms with Crippen molar-refractivity contribution in [2.75, 3.05) is 0 Å². The fourth-order valence-electron chi connectivity index (χ4n) is 3.12. The average molecular weight is 179 g/mol. The maximum Gasteiger partial charge on any atom is 0.167 e. The molecule has 0 unspecified atom stereocenters. The van der Waals surface area contributed by atoms with Gasteiger partial charge in [0.05, 0.1) is 0 Å². The van der Waals surface area contributed by atoms with Gasteiger partial charge in [0.1, 0.15) is 0 Å². The lowest BCUT2D eigenvalue weighted by atomic mass is 9.70. The number of hydrogen-bond acceptors (Lipinski definition) is 2. The van der Waals surface area contributed by atoms with Crippen LogP contribution >= 0.6 is 0 Å². The minimum absolute atomic E-state index is 0.106. The number of carbonyl (C=O) groups is 1. The number of ketones is 1. The Morgan fingerprint density at radius 1 is 1.46 bits per heavy atom. The number of nitrogens with two attached hydrogens (primary N) is 1. The maximum atomic E-state index is 12.0. The fraction of sp³-hybridized carbons (Fsp3) is 0.727. The van der Waals surface area contributed by atoms with Crippen molar-refractivity contribution in [1.29, 1.82) is 0 Å². The molecule has 2 rings (SSSR count). The van der Waals surface area contributed by atoms with Crippen molar-refractivity contribution in [1.82, 2.24) is 0 Å². The van der Waals surface area contributed by atoms with Crippen LogP contribution in [0.5, 0.6) is 0 Å². The van der Waals surface area contributed by atoms with E-state index < -0.39 is 0 Å². The molecular formula is C11H17NO. The van der Waals surface area contributed by atoms with E-state index in [1.54, 1.807) is 0 Å². The summed E-state index contributed by atoms with van der Waals surface area (Å²) < 4.78 is 0. The van der Waals surface area contributed by atoms with Crippen molar-refractivity contribution in [3.63, 3.8) is 0 Å². The van der Waals surface area contributed by atoms with Crippen LogP contribution in [0.2, 0.25) is 0 Å². The number of rotatable bonds is 0. The SMILES string of the molecule is CC1(C)[C@@H]2CC[C@]1(C)C(=O)/C2=C\N. The van der Waals surface area contributed by atoms with Crippen LogP contribution in [0.1, 0.15) is 33.6 Å². The van der Waals surface area contributed by atoms with Gasteiger partial charge in [0.25, 0.3) is 0 Å². The molecule has 0 aromatic heterocycles. The first-order valence-corrected chi connectivity index (χ1v) is 4.92. The average Bonchev–Trinajstić information content (AvgIpc) is 2.36. The Morgan fingerprint density at radius 3 is 2.38 bits per heavy atom. The molecule has 0 radical (unpaired) electrons. The van der Waals surface area contributed by atoms with Gasteiger partial charge in [-0.05, 0) is 24.2 Å². The van der Waals surface area contributed by atoms with E-state index in [9.17, 15) is 4.79 Å². The summed E-state index contributed by atoms with van der Waals surface area (Å²) >= 11 is 0. The highest BCUT2D eigenvalue weighted by molar-refractivity contribution is 6.04. The van der Waals surface area contributed by atoms with E-state index in [-0.39, 0.29) is 16.6 Å². The van der Waals surface area contributed by atoms with Gasteiger partial charge < -0.3 is 5.73 Å². The lowest BCUT2D eigenvalue weighted by Crippen LogP contribution is -2.32. The highest BCUT2D eigenvalue weighted by Crippen LogP contribution is 2.65. The van der Waals surface area contributed by atoms with Crippen LogP contribution < -0.4 is 5.73 Å². The van der Waals surface area contributed by atoms with Crippen LogP contribution in [0.3, 0.4) is 0 Å². The summed E-state index contributed by atoms with van der Waals surface area (Å²) in [5.41, 5.74) is 6.34. The second kappa shape index (κ2) is 2.17. The Labute approximate surface area is 79.2 Å². The van der Waals surface area contributed by atoms with Gasteiger partial charge in [-0.15, -0.1) is 0 Å². The van der Waals surface area contributed by atoms with Crippen molar-refractivity contribution < 1.29 is 4.79 Å². The predicted octanol–water partition coefficient (Wildman–Crippen LogP) is 1.85. The molecule has 0 saturated heterocycles. The van der Waals surface area contributed by atoms with Gasteiger partial charge in [0.2, 0.25) is 0 Å². The molecule has 2 fully saturated rings. The Morgan fingerprint density at radius 2 is 2.08 bits per heavy atom. The van der Waals surface area contributed by atoms with Gasteiger partial charge in [-0.3, -0.25) is 4.79 Å². The van der Waals surface area contributed by atoms with Crippen LogP contribution in [0.25, 0.3) is 0 Å². The van der Waals surface area contributed by atoms with E-state index in [4.69, 9.17) is 5.73 Å². The molecule has 0 spiro atoms. The highest BCUT2D eigenvalue weighted by Gasteiger charge is 2.63. The molecular weight excluding hydrogens is 162 g/mol. The molecule has 0 aliphatic heterocycles. The van der Waals surface area contributed by atoms with Crippen molar-refractivity contribution in [2.45, 2.75) is 33.6 Å². The van der Waals surface area contributed by atoms with Gasteiger partial charge in [0.15, 0.2) is 5.78 Å². The molecule has 2 bridgehead atoms. The molecule has 0 heterocycles. The van der Waals surface area contributed by atoms with Gasteiger partial charge in [-0.2, -0.15) is 0 Å². The molecule has 2 aliphatic rings. The lowest BCUT2D eigenvalue weighted by molar-refractivity contribution is -0.125. The Kier molecular flexibility index (Phi) is 1.47. The Hall–Kier alpha value is -0.790. The standard InChI is InChI=1S/C11H17NO/c1-10(2)8-4-5-11(10,3)9(13)7(8)6-12/h6,8H,4-5,12H2,1-3H3/b7-6-/t8-,11-/m1/s1. The van der Waals surface area contributed by atoms with Gasteiger partial charge in [-0.25, -0.2) is 0 Å². The Bertz CT molecular complexity index is 303. The third kappa shape index (κ3) is 0.725. The maximum absolute atomic E-state index is 12.0. The molecule has 72 valence electrons. The number of carbonyl (C=O) groups excluding carboxylic acids is 1. The van der Waals surface area contributed by atoms with Crippen LogP contribution in [-0.4, -0.2) is 5.78 Å². The van der Waals surface area contributed by atoms with E-state index in [1.165, 1.54) is 6.20 Å². The van der Waals surface area contributed by atoms with Crippen LogP contribution in [0.15, 0.2) is 11.8 Å². The van der Waals surface area contributed by atoms with Gasteiger partial charge in [0, 0.05) is 17.2 Å². The molecule has 2 heteroatoms. The van der Waals surface area contributed by atoms with Crippen molar-refractivity contribution >= 4 is 5.78 Å². The van der Waals surface area contributed by atoms with E-state index in [2.05, 4.69) is 20.8 Å². The summed E-state index contributed by atoms with van der Waals surface area (Å²) in [4.78, 5) is 12.0. The van der Waals surface area contributed by atoms with E-state index in [1.807, 2.05) is 0 Å². The lowest BCUT2D eigenvalue weighted by Gasteiger charge is -2.31. The smallest absolute Gasteiger partial charge is 0.167 e. The summed E-state index contributed by atoms with van der Waals surface area (Å²) in [6, 6.07) is 0. The normalized spacial score (nSPS) is 44.7. The molecule has 2 nitrogen and oxygen atoms in total. The molecule has 2 atom stereocenters. The summed E-state index contributed by atoms with van der Waals surface area (Å²) in [6.45, 7) is 6.48. The molecule has 2 aliphatic carbocycles. The second-order valence-electron chi connectivity index (χ2n) is 5.10. The number of fused-ring (bicyclic) bond motifs is 2. The van der Waals surface area contributed by atoms with Gasteiger partial charge in [-0.1, -0.05) is 20.8 Å². The van der Waals surface area contributed by atoms with Crippen LogP contribution in [0.4, 0.5) is 0 Å². The minimum atomic E-state index is -0.150. The topological polar surface area (TPSA) is 43.1 Å². The third-order valence-electron chi connectivity index (χ3n) is 4.54. The van der Waals surface area contributed by atoms with Gasteiger partial charge >= 0.3 is 0 Å². The highest BCUT2D eigenvalue weighted by atomic mass is 16.1. The molecule has 0 aromatic rings. The van der Waals surface area contributed by atoms with Crippen molar-refractivity contribution in [3.05, 3.63) is 11.8 Å². The third-order valence-corrected chi connectivity index (χ3v) is 4.54. The summed E-state index contributed by atoms with van der Waals surface area (Å²) in [5.74, 6) is 0.686. The quantitative estimate of drug-likeness (QED) is 0.577. The van der Waals surface area contributed by atoms with Crippen molar-refractivity contribution in [3.8, 4) is 0 Å². The molecule has 2 N–H and O–H groups in total. The van der Waals surface area contributed by atoms with E-state index in [0.29, 0.717) is 5.92 Å². The van der Waals surface area contributed by atoms with Crippen molar-refractivity contribution in [2.24, 2.45) is 22.5 Å². The van der Waals surface area contributed by atoms with Crippen LogP contribution in [-0.2, 0) is 4.79 Å². The molecule has 0 amide bonds. The zero-order valence-electron chi connectivity index (χ0n) is 8.55. The minimum Gasteiger partial charge on any atom is -0.404 e.